The van der Waals surface area contributed by atoms with Gasteiger partial charge in [-0.15, -0.1) is 0 Å². The molecule has 0 saturated carbocycles. The topological polar surface area (TPSA) is 63.1 Å². The molecule has 4 nitrogen and oxygen atoms in total. The summed E-state index contributed by atoms with van der Waals surface area (Å²) in [6.07, 6.45) is 1.27. The smallest absolute Gasteiger partial charge is 0.303 e. The van der Waals surface area contributed by atoms with E-state index in [0.717, 1.165) is 21.4 Å². The zero-order valence-corrected chi connectivity index (χ0v) is 12.7. The highest BCUT2D eigenvalue weighted by Gasteiger charge is 2.08. The van der Waals surface area contributed by atoms with Gasteiger partial charge in [0.2, 0.25) is 0 Å². The molecule has 1 aromatic heterocycles. The molecule has 0 atom stereocenters. The molecule has 0 unspecified atom stereocenters. The Hall–Kier alpha value is -1.75. The monoisotopic (exact) mass is 334 g/mol. The maximum Gasteiger partial charge on any atom is 0.303 e. The first-order valence-corrected chi connectivity index (χ1v) is 7.17. The van der Waals surface area contributed by atoms with E-state index < -0.39 is 5.97 Å². The Morgan fingerprint density at radius 3 is 2.75 bits per heavy atom. The third kappa shape index (κ3) is 3.87. The van der Waals surface area contributed by atoms with E-state index in [-0.39, 0.29) is 6.42 Å². The minimum Gasteiger partial charge on any atom is -0.481 e. The molecule has 0 aliphatic carbocycles. The fourth-order valence-electron chi connectivity index (χ4n) is 1.95. The molecule has 1 heterocycles. The van der Waals surface area contributed by atoms with Crippen LogP contribution in [0, 0.1) is 6.92 Å². The van der Waals surface area contributed by atoms with Gasteiger partial charge in [0.05, 0.1) is 5.69 Å². The van der Waals surface area contributed by atoms with Gasteiger partial charge in [0.15, 0.2) is 0 Å². The van der Waals surface area contributed by atoms with Crippen molar-refractivity contribution >= 4 is 21.9 Å². The Kier molecular flexibility index (Phi) is 4.84. The van der Waals surface area contributed by atoms with Gasteiger partial charge < -0.3 is 5.11 Å². The van der Waals surface area contributed by atoms with Crippen LogP contribution < -0.4 is 0 Å². The van der Waals surface area contributed by atoms with Crippen LogP contribution in [0.5, 0.6) is 0 Å². The zero-order chi connectivity index (χ0) is 14.5. The number of carbonyl (C=O) groups is 1. The van der Waals surface area contributed by atoms with Crippen molar-refractivity contribution in [3.63, 3.8) is 0 Å². The van der Waals surface area contributed by atoms with Gasteiger partial charge in [0.25, 0.3) is 0 Å². The Morgan fingerprint density at radius 1 is 1.30 bits per heavy atom. The molecule has 20 heavy (non-hydrogen) atoms. The number of carboxylic acids is 1. The summed E-state index contributed by atoms with van der Waals surface area (Å²) >= 11 is 3.52. The van der Waals surface area contributed by atoms with E-state index in [9.17, 15) is 4.79 Å². The molecular formula is C15H15BrN2O2. The normalized spacial score (nSPS) is 10.5. The third-order valence-corrected chi connectivity index (χ3v) is 3.53. The number of aryl methyl sites for hydroxylation is 2. The molecule has 1 aromatic carbocycles. The lowest BCUT2D eigenvalue weighted by atomic mass is 10.1. The largest absolute Gasteiger partial charge is 0.481 e. The van der Waals surface area contributed by atoms with Crippen LogP contribution >= 0.6 is 15.9 Å². The van der Waals surface area contributed by atoms with Crippen molar-refractivity contribution in [2.75, 3.05) is 0 Å². The molecule has 0 spiro atoms. The molecule has 1 N–H and O–H groups in total. The van der Waals surface area contributed by atoms with Gasteiger partial charge in [-0.3, -0.25) is 4.79 Å². The van der Waals surface area contributed by atoms with Crippen LogP contribution in [0.2, 0.25) is 0 Å². The summed E-state index contributed by atoms with van der Waals surface area (Å²) in [6, 6.07) is 9.81. The average molecular weight is 335 g/mol. The van der Waals surface area contributed by atoms with Crippen LogP contribution in [-0.2, 0) is 11.2 Å². The molecule has 0 saturated heterocycles. The number of halogens is 1. The maximum absolute atomic E-state index is 10.5. The van der Waals surface area contributed by atoms with Crippen LogP contribution in [0.3, 0.4) is 0 Å². The summed E-state index contributed by atoms with van der Waals surface area (Å²) < 4.78 is 0.981. The minimum absolute atomic E-state index is 0.141. The predicted octanol–water partition coefficient (Wildman–Crippen LogP) is 3.62. The minimum atomic E-state index is -0.788. The van der Waals surface area contributed by atoms with Crippen molar-refractivity contribution in [3.8, 4) is 11.3 Å². The van der Waals surface area contributed by atoms with Gasteiger partial charge in [-0.1, -0.05) is 34.1 Å². The lowest BCUT2D eigenvalue weighted by Crippen LogP contribution is -2.02. The lowest BCUT2D eigenvalue weighted by Gasteiger charge is -2.07. The van der Waals surface area contributed by atoms with Gasteiger partial charge in [-0.25, -0.2) is 9.97 Å². The first-order chi connectivity index (χ1) is 9.56. The van der Waals surface area contributed by atoms with Crippen LogP contribution in [0.15, 0.2) is 34.8 Å². The number of hydrogen-bond acceptors (Lipinski definition) is 3. The van der Waals surface area contributed by atoms with Gasteiger partial charge in [0, 0.05) is 28.6 Å². The van der Waals surface area contributed by atoms with Gasteiger partial charge in [-0.05, 0) is 25.5 Å². The predicted molar refractivity (Wildman–Crippen MR) is 80.5 cm³/mol. The summed E-state index contributed by atoms with van der Waals surface area (Å²) in [6.45, 7) is 1.92. The van der Waals surface area contributed by atoms with Crippen molar-refractivity contribution in [2.45, 2.75) is 26.2 Å². The van der Waals surface area contributed by atoms with Crippen molar-refractivity contribution in [1.29, 1.82) is 0 Å². The molecule has 2 rings (SSSR count). The molecule has 0 bridgehead atoms. The quantitative estimate of drug-likeness (QED) is 0.906. The highest BCUT2D eigenvalue weighted by molar-refractivity contribution is 9.10. The number of carboxylic acid groups (broad SMARTS) is 1. The van der Waals surface area contributed by atoms with Crippen LogP contribution in [0.1, 0.15) is 24.4 Å². The van der Waals surface area contributed by atoms with Crippen molar-refractivity contribution in [1.82, 2.24) is 9.97 Å². The number of aliphatic carboxylic acids is 1. The second-order valence-corrected chi connectivity index (χ2v) is 5.39. The van der Waals surface area contributed by atoms with E-state index in [4.69, 9.17) is 5.11 Å². The molecule has 0 fully saturated rings. The molecule has 0 aliphatic rings. The SMILES string of the molecule is Cc1cc(-c2ccccc2Br)nc(CCCC(=O)O)n1. The summed E-state index contributed by atoms with van der Waals surface area (Å²) in [5.74, 6) is -0.0966. The number of rotatable bonds is 5. The summed E-state index contributed by atoms with van der Waals surface area (Å²) in [5, 5.41) is 8.67. The molecular weight excluding hydrogens is 320 g/mol. The van der Waals surface area contributed by atoms with Gasteiger partial charge >= 0.3 is 5.97 Å². The summed E-state index contributed by atoms with van der Waals surface area (Å²) in [7, 11) is 0. The number of nitrogens with zero attached hydrogens (tertiary/aromatic N) is 2. The van der Waals surface area contributed by atoms with E-state index in [1.807, 2.05) is 37.3 Å². The standard InChI is InChI=1S/C15H15BrN2O2/c1-10-9-13(11-5-2-3-6-12(11)16)18-14(17-10)7-4-8-15(19)20/h2-3,5-6,9H,4,7-8H2,1H3,(H,19,20). The van der Waals surface area contributed by atoms with Crippen molar-refractivity contribution < 1.29 is 9.90 Å². The van der Waals surface area contributed by atoms with Crippen LogP contribution in [0.25, 0.3) is 11.3 Å². The van der Waals surface area contributed by atoms with Gasteiger partial charge in [-0.2, -0.15) is 0 Å². The number of benzene rings is 1. The number of hydrogen-bond donors (Lipinski definition) is 1. The summed E-state index contributed by atoms with van der Waals surface area (Å²) in [4.78, 5) is 19.4. The van der Waals surface area contributed by atoms with E-state index in [0.29, 0.717) is 18.7 Å². The third-order valence-electron chi connectivity index (χ3n) is 2.84. The molecule has 104 valence electrons. The lowest BCUT2D eigenvalue weighted by molar-refractivity contribution is -0.137. The molecule has 0 amide bonds. The molecule has 0 aliphatic heterocycles. The molecule has 0 radical (unpaired) electrons. The number of aromatic nitrogens is 2. The Labute approximate surface area is 126 Å². The van der Waals surface area contributed by atoms with Crippen LogP contribution in [0.4, 0.5) is 0 Å². The Balaban J connectivity index is 2.25. The second-order valence-electron chi connectivity index (χ2n) is 4.54. The highest BCUT2D eigenvalue weighted by atomic mass is 79.9. The van der Waals surface area contributed by atoms with E-state index in [2.05, 4.69) is 25.9 Å². The first kappa shape index (κ1) is 14.7. The van der Waals surface area contributed by atoms with E-state index >= 15 is 0 Å². The Morgan fingerprint density at radius 2 is 2.05 bits per heavy atom. The zero-order valence-electron chi connectivity index (χ0n) is 11.1. The fourth-order valence-corrected chi connectivity index (χ4v) is 2.43. The average Bonchev–Trinajstić information content (AvgIpc) is 2.38. The first-order valence-electron chi connectivity index (χ1n) is 6.37. The van der Waals surface area contributed by atoms with Gasteiger partial charge in [0.1, 0.15) is 5.82 Å². The van der Waals surface area contributed by atoms with Crippen LogP contribution in [-0.4, -0.2) is 21.0 Å². The van der Waals surface area contributed by atoms with Crippen molar-refractivity contribution in [2.24, 2.45) is 0 Å². The Bertz CT molecular complexity index is 629. The second kappa shape index (κ2) is 6.61. The highest BCUT2D eigenvalue weighted by Crippen LogP contribution is 2.26. The van der Waals surface area contributed by atoms with Crippen molar-refractivity contribution in [3.05, 3.63) is 46.3 Å². The van der Waals surface area contributed by atoms with E-state index in [1.165, 1.54) is 0 Å². The van der Waals surface area contributed by atoms with E-state index in [1.54, 1.807) is 0 Å². The summed E-state index contributed by atoms with van der Waals surface area (Å²) in [5.41, 5.74) is 2.75. The molecule has 2 aromatic rings. The fraction of sp³-hybridized carbons (Fsp3) is 0.267. The maximum atomic E-state index is 10.5. The molecule has 5 heteroatoms.